The van der Waals surface area contributed by atoms with Gasteiger partial charge in [-0.1, -0.05) is 23.2 Å². The van der Waals surface area contributed by atoms with Crippen LogP contribution in [0.2, 0.25) is 10.0 Å². The van der Waals surface area contributed by atoms with E-state index in [1.807, 2.05) is 5.32 Å². The predicted molar refractivity (Wildman–Crippen MR) is 91.2 cm³/mol. The summed E-state index contributed by atoms with van der Waals surface area (Å²) in [7, 11) is 0. The summed E-state index contributed by atoms with van der Waals surface area (Å²) < 4.78 is 40.1. The third kappa shape index (κ3) is 4.20. The second kappa shape index (κ2) is 7.44. The highest BCUT2D eigenvalue weighted by Gasteiger charge is 2.40. The topological polar surface area (TPSA) is 141 Å². The molecule has 0 saturated heterocycles. The molecule has 2 rings (SSSR count). The number of nitrogens with zero attached hydrogens (tertiary/aromatic N) is 3. The Morgan fingerprint density at radius 3 is 1.64 bits per heavy atom. The molecule has 0 heterocycles. The van der Waals surface area contributed by atoms with Crippen molar-refractivity contribution in [2.45, 2.75) is 6.18 Å². The maximum Gasteiger partial charge on any atom is 0.418 e. The number of non-ortho nitro benzene ring substituents is 2. The highest BCUT2D eigenvalue weighted by molar-refractivity contribution is 6.39. The molecule has 0 amide bonds. The molecule has 0 unspecified atom stereocenters. The number of nitro groups is 3. The van der Waals surface area contributed by atoms with E-state index in [0.29, 0.717) is 6.07 Å². The van der Waals surface area contributed by atoms with Crippen molar-refractivity contribution < 1.29 is 27.9 Å². The Hall–Kier alpha value is -3.19. The van der Waals surface area contributed by atoms with Gasteiger partial charge < -0.3 is 5.32 Å². The lowest BCUT2D eigenvalue weighted by Crippen LogP contribution is -2.12. The largest absolute Gasteiger partial charge is 0.418 e. The van der Waals surface area contributed by atoms with Gasteiger partial charge in [-0.25, -0.2) is 0 Å². The van der Waals surface area contributed by atoms with E-state index in [2.05, 4.69) is 0 Å². The van der Waals surface area contributed by atoms with Crippen molar-refractivity contribution in [2.24, 2.45) is 0 Å². The zero-order valence-corrected chi connectivity index (χ0v) is 14.5. The van der Waals surface area contributed by atoms with Gasteiger partial charge in [-0.15, -0.1) is 0 Å². The van der Waals surface area contributed by atoms with Crippen molar-refractivity contribution in [2.75, 3.05) is 5.32 Å². The van der Waals surface area contributed by atoms with Gasteiger partial charge in [0.2, 0.25) is 0 Å². The van der Waals surface area contributed by atoms with E-state index >= 15 is 0 Å². The van der Waals surface area contributed by atoms with Crippen LogP contribution in [0.5, 0.6) is 0 Å². The quantitative estimate of drug-likeness (QED) is 0.478. The van der Waals surface area contributed by atoms with Crippen LogP contribution in [0.3, 0.4) is 0 Å². The Balaban J connectivity index is 2.77. The van der Waals surface area contributed by atoms with E-state index in [1.54, 1.807) is 0 Å². The first-order valence-electron chi connectivity index (χ1n) is 6.77. The lowest BCUT2D eigenvalue weighted by atomic mass is 10.1. The smallest absolute Gasteiger partial charge is 0.347 e. The van der Waals surface area contributed by atoms with Gasteiger partial charge >= 0.3 is 6.18 Å². The second-order valence-electron chi connectivity index (χ2n) is 5.07. The molecule has 0 fully saturated rings. The third-order valence-electron chi connectivity index (χ3n) is 3.30. The van der Waals surface area contributed by atoms with E-state index in [-0.39, 0.29) is 6.07 Å². The van der Waals surface area contributed by atoms with Gasteiger partial charge in [-0.3, -0.25) is 30.3 Å². The molecule has 0 radical (unpaired) electrons. The fourth-order valence-corrected chi connectivity index (χ4v) is 2.70. The Morgan fingerprint density at radius 1 is 0.786 bits per heavy atom. The zero-order valence-electron chi connectivity index (χ0n) is 13.0. The Bertz CT molecular complexity index is 991. The number of nitrogens with one attached hydrogen (secondary N) is 1. The van der Waals surface area contributed by atoms with E-state index < -0.39 is 65.0 Å². The molecule has 0 saturated carbocycles. The first-order valence-corrected chi connectivity index (χ1v) is 7.53. The molecular formula is C13H5Cl2F3N4O6. The Morgan fingerprint density at radius 2 is 1.25 bits per heavy atom. The number of alkyl halides is 3. The summed E-state index contributed by atoms with van der Waals surface area (Å²) in [4.78, 5) is 29.4. The molecule has 0 aromatic heterocycles. The van der Waals surface area contributed by atoms with Crippen LogP contribution in [0.4, 0.5) is 41.6 Å². The fraction of sp³-hybridized carbons (Fsp3) is 0.0769. The van der Waals surface area contributed by atoms with Gasteiger partial charge in [-0.2, -0.15) is 13.2 Å². The predicted octanol–water partition coefficient (Wildman–Crippen LogP) is 5.48. The van der Waals surface area contributed by atoms with Crippen molar-refractivity contribution in [1.82, 2.24) is 0 Å². The lowest BCUT2D eigenvalue weighted by molar-refractivity contribution is -0.394. The zero-order chi connectivity index (χ0) is 21.4. The first kappa shape index (κ1) is 21.1. The average molecular weight is 441 g/mol. The molecule has 10 nitrogen and oxygen atoms in total. The maximum absolute atomic E-state index is 13.4. The highest BCUT2D eigenvalue weighted by atomic mass is 35.5. The Labute approximate surface area is 161 Å². The van der Waals surface area contributed by atoms with Crippen LogP contribution in [0.15, 0.2) is 24.3 Å². The number of nitro benzene ring substituents is 3. The third-order valence-corrected chi connectivity index (χ3v) is 3.90. The number of benzene rings is 2. The van der Waals surface area contributed by atoms with Crippen molar-refractivity contribution in [1.29, 1.82) is 0 Å². The summed E-state index contributed by atoms with van der Waals surface area (Å²) >= 11 is 11.6. The number of hydrogen-bond donors (Lipinski definition) is 1. The number of rotatable bonds is 5. The first-order chi connectivity index (χ1) is 12.8. The van der Waals surface area contributed by atoms with Crippen molar-refractivity contribution in [3.05, 3.63) is 70.2 Å². The highest BCUT2D eigenvalue weighted by Crippen LogP contribution is 2.46. The van der Waals surface area contributed by atoms with Crippen LogP contribution in [-0.4, -0.2) is 14.8 Å². The van der Waals surface area contributed by atoms with E-state index in [9.17, 15) is 43.5 Å². The van der Waals surface area contributed by atoms with Crippen molar-refractivity contribution >= 4 is 51.6 Å². The SMILES string of the molecule is O=[N+]([O-])c1cc(Cl)c(Nc2c([N+](=O)[O-])cc([N+](=O)[O-])cc2C(F)(F)F)c(Cl)c1. The van der Waals surface area contributed by atoms with Crippen LogP contribution in [-0.2, 0) is 6.18 Å². The van der Waals surface area contributed by atoms with Crippen molar-refractivity contribution in [3.8, 4) is 0 Å². The van der Waals surface area contributed by atoms with Gasteiger partial charge in [0.15, 0.2) is 0 Å². The summed E-state index contributed by atoms with van der Waals surface area (Å²) in [6.07, 6.45) is -5.22. The fourth-order valence-electron chi connectivity index (χ4n) is 2.13. The summed E-state index contributed by atoms with van der Waals surface area (Å²) in [6.45, 7) is 0. The van der Waals surface area contributed by atoms with Crippen LogP contribution < -0.4 is 5.32 Å². The number of hydrogen-bond acceptors (Lipinski definition) is 7. The Kier molecular flexibility index (Phi) is 5.61. The monoisotopic (exact) mass is 440 g/mol. The molecule has 1 N–H and O–H groups in total. The summed E-state index contributed by atoms with van der Waals surface area (Å²) in [6, 6.07) is 1.95. The summed E-state index contributed by atoms with van der Waals surface area (Å²) in [5, 5.41) is 33.8. The van der Waals surface area contributed by atoms with Crippen LogP contribution in [0.1, 0.15) is 5.56 Å². The summed E-state index contributed by atoms with van der Waals surface area (Å²) in [5.41, 5.74) is -6.39. The van der Waals surface area contributed by atoms with Crippen LogP contribution in [0, 0.1) is 30.3 Å². The minimum Gasteiger partial charge on any atom is -0.347 e. The van der Waals surface area contributed by atoms with Crippen LogP contribution in [0.25, 0.3) is 0 Å². The molecule has 28 heavy (non-hydrogen) atoms. The minimum absolute atomic E-state index is 0.0997. The molecule has 0 spiro atoms. The van der Waals surface area contributed by atoms with Gasteiger partial charge in [0, 0.05) is 18.2 Å². The molecule has 148 valence electrons. The normalized spacial score (nSPS) is 11.2. The standard InChI is InChI=1S/C13H5Cl2F3N4O6/c14-8-2-6(21(25)26)3-9(15)12(8)19-11-7(13(16,17)18)1-5(20(23)24)4-10(11)22(27)28/h1-4,19H. The van der Waals surface area contributed by atoms with Gasteiger partial charge in [0.05, 0.1) is 42.1 Å². The van der Waals surface area contributed by atoms with Crippen molar-refractivity contribution in [3.63, 3.8) is 0 Å². The van der Waals surface area contributed by atoms with E-state index in [4.69, 9.17) is 23.2 Å². The number of halogens is 5. The molecule has 0 aliphatic rings. The lowest BCUT2D eigenvalue weighted by Gasteiger charge is -2.16. The molecule has 0 aliphatic heterocycles. The average Bonchev–Trinajstić information content (AvgIpc) is 2.56. The maximum atomic E-state index is 13.4. The minimum atomic E-state index is -5.22. The molecule has 2 aromatic rings. The second-order valence-corrected chi connectivity index (χ2v) is 5.88. The molecule has 0 aliphatic carbocycles. The summed E-state index contributed by atoms with van der Waals surface area (Å²) in [5.74, 6) is 0. The molecule has 0 atom stereocenters. The number of anilines is 2. The van der Waals surface area contributed by atoms with Gasteiger partial charge in [-0.05, 0) is 0 Å². The molecule has 15 heteroatoms. The molecule has 0 bridgehead atoms. The molecular weight excluding hydrogens is 436 g/mol. The van der Waals surface area contributed by atoms with E-state index in [0.717, 1.165) is 12.1 Å². The molecule has 2 aromatic carbocycles. The van der Waals surface area contributed by atoms with Crippen LogP contribution >= 0.6 is 23.2 Å². The van der Waals surface area contributed by atoms with Gasteiger partial charge in [0.25, 0.3) is 17.1 Å². The van der Waals surface area contributed by atoms with E-state index in [1.165, 1.54) is 0 Å². The van der Waals surface area contributed by atoms with Gasteiger partial charge in [0.1, 0.15) is 5.69 Å².